The van der Waals surface area contributed by atoms with Gasteiger partial charge in [-0.05, 0) is 74.1 Å². The minimum atomic E-state index is -1.02. The molecule has 1 aromatic carbocycles. The predicted octanol–water partition coefficient (Wildman–Crippen LogP) is 10.4. The smallest absolute Gasteiger partial charge is 0.247 e. The summed E-state index contributed by atoms with van der Waals surface area (Å²) in [6.45, 7) is 7.01. The number of anilines is 1. The Kier molecular flexibility index (Phi) is 16.4. The van der Waals surface area contributed by atoms with Crippen molar-refractivity contribution in [2.24, 2.45) is 4.99 Å². The summed E-state index contributed by atoms with van der Waals surface area (Å²) in [7, 11) is -1.02. The van der Waals surface area contributed by atoms with Crippen LogP contribution in [0.4, 0.5) is 5.69 Å². The number of thiophene rings is 1. The molecule has 2 fully saturated rings. The quantitative estimate of drug-likeness (QED) is 0.0842. The topological polar surface area (TPSA) is 65.5 Å². The highest BCUT2D eigenvalue weighted by atomic mass is 32.1. The first-order valence-corrected chi connectivity index (χ1v) is 22.3. The van der Waals surface area contributed by atoms with Crippen molar-refractivity contribution in [3.8, 4) is 0 Å². The number of benzene rings is 1. The molecule has 2 saturated carbocycles. The van der Waals surface area contributed by atoms with Crippen LogP contribution in [0, 0.1) is 0 Å². The molecule has 2 aromatic rings. The molecule has 2 aliphatic carbocycles. The normalized spacial score (nSPS) is 17.5. The summed E-state index contributed by atoms with van der Waals surface area (Å²) in [5.74, 6) is 0.844. The molecule has 1 heterocycles. The van der Waals surface area contributed by atoms with E-state index < -0.39 is 13.3 Å². The van der Waals surface area contributed by atoms with Gasteiger partial charge in [-0.2, -0.15) is 0 Å². The van der Waals surface area contributed by atoms with Gasteiger partial charge in [-0.1, -0.05) is 96.8 Å². The van der Waals surface area contributed by atoms with Gasteiger partial charge < -0.3 is 16.0 Å². The second-order valence-electron chi connectivity index (χ2n) is 14.1. The molecule has 7 heteroatoms. The van der Waals surface area contributed by atoms with E-state index in [-0.39, 0.29) is 5.91 Å². The lowest BCUT2D eigenvalue weighted by Gasteiger charge is -2.29. The predicted molar refractivity (Wildman–Crippen MR) is 204 cm³/mol. The number of amides is 1. The van der Waals surface area contributed by atoms with Crippen molar-refractivity contribution in [2.75, 3.05) is 23.8 Å². The molecule has 0 aliphatic heterocycles. The fourth-order valence-corrected chi connectivity index (χ4v) is 13.2. The van der Waals surface area contributed by atoms with E-state index in [1.165, 1.54) is 125 Å². The van der Waals surface area contributed by atoms with Crippen LogP contribution in [0.3, 0.4) is 0 Å². The highest BCUT2D eigenvalue weighted by molar-refractivity contribution is 7.75. The maximum absolute atomic E-state index is 14.0. The molecular weight excluding hydrogens is 603 g/mol. The third-order valence-corrected chi connectivity index (χ3v) is 15.9. The highest BCUT2D eigenvalue weighted by Gasteiger charge is 2.35. The maximum Gasteiger partial charge on any atom is 0.247 e. The summed E-state index contributed by atoms with van der Waals surface area (Å²) in [6.07, 6.45) is 26.4. The van der Waals surface area contributed by atoms with Gasteiger partial charge in [0.25, 0.3) is 0 Å². The Morgan fingerprint density at radius 1 is 0.848 bits per heavy atom. The number of guanidine groups is 1. The summed E-state index contributed by atoms with van der Waals surface area (Å²) in [6, 6.07) is 13.5. The Morgan fingerprint density at radius 2 is 1.46 bits per heavy atom. The summed E-state index contributed by atoms with van der Waals surface area (Å²) in [5, 5.41) is 12.8. The van der Waals surface area contributed by atoms with E-state index in [1.54, 1.807) is 11.3 Å². The van der Waals surface area contributed by atoms with Gasteiger partial charge in [0, 0.05) is 30.3 Å². The molecule has 46 heavy (non-hydrogen) atoms. The van der Waals surface area contributed by atoms with Gasteiger partial charge in [-0.15, -0.1) is 11.3 Å². The van der Waals surface area contributed by atoms with Crippen molar-refractivity contribution in [2.45, 2.75) is 154 Å². The number of carbonyl (C=O) groups excluding carboxylic acids is 1. The zero-order chi connectivity index (χ0) is 32.5. The monoisotopic (exact) mass is 667 g/mol. The van der Waals surface area contributed by atoms with E-state index >= 15 is 0 Å². The number of unbranched alkanes of at least 4 members (excludes halogenated alkanes) is 3. The lowest BCUT2D eigenvalue weighted by Crippen LogP contribution is -2.53. The SMILES string of the molecule is CCCC[P+](CCCC)(CCCC)Cc1ccc(NC(=O)[C@H](Cc2cccs2)NC(=NC2CCCCC2)NC2CCCCC2)cc1. The summed E-state index contributed by atoms with van der Waals surface area (Å²) < 4.78 is 0. The van der Waals surface area contributed by atoms with Gasteiger partial charge in [0.05, 0.1) is 30.7 Å². The second kappa shape index (κ2) is 20.5. The van der Waals surface area contributed by atoms with E-state index in [9.17, 15) is 4.79 Å². The molecule has 5 nitrogen and oxygen atoms in total. The fraction of sp³-hybridized carbons (Fsp3) is 0.692. The van der Waals surface area contributed by atoms with Crippen molar-refractivity contribution in [1.29, 1.82) is 0 Å². The van der Waals surface area contributed by atoms with E-state index in [4.69, 9.17) is 4.99 Å². The van der Waals surface area contributed by atoms with Crippen LogP contribution < -0.4 is 16.0 Å². The van der Waals surface area contributed by atoms with Gasteiger partial charge in [0.15, 0.2) is 5.96 Å². The number of hydrogen-bond donors (Lipinski definition) is 3. The van der Waals surface area contributed by atoms with E-state index in [0.717, 1.165) is 24.5 Å². The first-order chi connectivity index (χ1) is 22.5. The molecule has 0 bridgehead atoms. The Bertz CT molecular complexity index is 1120. The third kappa shape index (κ3) is 12.6. The summed E-state index contributed by atoms with van der Waals surface area (Å²) in [5.41, 5.74) is 2.33. The molecule has 0 unspecified atom stereocenters. The molecule has 1 aromatic heterocycles. The van der Waals surface area contributed by atoms with Crippen LogP contribution in [0.5, 0.6) is 0 Å². The van der Waals surface area contributed by atoms with Gasteiger partial charge in [0.2, 0.25) is 5.91 Å². The lowest BCUT2D eigenvalue weighted by atomic mass is 9.95. The van der Waals surface area contributed by atoms with E-state index in [2.05, 4.69) is 78.5 Å². The van der Waals surface area contributed by atoms with Crippen LogP contribution >= 0.6 is 18.6 Å². The Balaban J connectivity index is 1.48. The molecule has 2 aliphatic rings. The zero-order valence-corrected chi connectivity index (χ0v) is 31.0. The molecule has 0 radical (unpaired) electrons. The first-order valence-electron chi connectivity index (χ1n) is 18.9. The summed E-state index contributed by atoms with van der Waals surface area (Å²) >= 11 is 1.72. The van der Waals surface area contributed by atoms with Crippen LogP contribution in [-0.4, -0.2) is 48.5 Å². The van der Waals surface area contributed by atoms with Crippen LogP contribution in [0.1, 0.15) is 134 Å². The number of hydrogen-bond acceptors (Lipinski definition) is 3. The van der Waals surface area contributed by atoms with Crippen molar-refractivity contribution in [3.05, 3.63) is 52.2 Å². The third-order valence-electron chi connectivity index (χ3n) is 10.1. The number of rotatable bonds is 18. The van der Waals surface area contributed by atoms with Gasteiger partial charge >= 0.3 is 0 Å². The van der Waals surface area contributed by atoms with Gasteiger partial charge in [-0.25, -0.2) is 4.99 Å². The average Bonchev–Trinajstić information content (AvgIpc) is 3.60. The molecule has 1 atom stereocenters. The minimum Gasteiger partial charge on any atom is -0.354 e. The maximum atomic E-state index is 14.0. The number of carbonyl (C=O) groups is 1. The number of nitrogens with one attached hydrogen (secondary N) is 3. The molecule has 0 spiro atoms. The minimum absolute atomic E-state index is 0.0126. The van der Waals surface area contributed by atoms with Gasteiger partial charge in [-0.3, -0.25) is 4.79 Å². The zero-order valence-electron chi connectivity index (χ0n) is 29.3. The molecule has 256 valence electrons. The Morgan fingerprint density at radius 3 is 2.02 bits per heavy atom. The van der Waals surface area contributed by atoms with Crippen molar-refractivity contribution in [1.82, 2.24) is 10.6 Å². The Hall–Kier alpha value is -1.91. The number of nitrogens with zero attached hydrogens (tertiary/aromatic N) is 1. The average molecular weight is 668 g/mol. The largest absolute Gasteiger partial charge is 0.354 e. The molecule has 3 N–H and O–H groups in total. The molecule has 0 saturated heterocycles. The first kappa shape index (κ1) is 36.9. The standard InChI is InChI=1S/C39H63N4OPS/c1-4-7-26-45(27-8-5-2,28-9-6-3)31-32-22-24-35(25-23-32)40-38(44)37(30-36-21-16-29-46-36)43-39(41-33-17-12-10-13-18-33)42-34-19-14-11-15-20-34/h16,21-25,29,33-34,37H,4-15,17-20,26-28,30-31H2,1-3H3,(H2-,40,41,42,43,44)/p+1/t37-/m0/s1. The fourth-order valence-electron chi connectivity index (χ4n) is 7.32. The number of aliphatic imine (C=N–C) groups is 1. The van der Waals surface area contributed by atoms with E-state index in [0.29, 0.717) is 18.5 Å². The van der Waals surface area contributed by atoms with Crippen LogP contribution in [0.25, 0.3) is 0 Å². The van der Waals surface area contributed by atoms with Crippen molar-refractivity contribution in [3.63, 3.8) is 0 Å². The molecule has 1 amide bonds. The second-order valence-corrected chi connectivity index (χ2v) is 19.5. The molecule has 4 rings (SSSR count). The van der Waals surface area contributed by atoms with Crippen LogP contribution in [-0.2, 0) is 17.4 Å². The van der Waals surface area contributed by atoms with Crippen LogP contribution in [0.2, 0.25) is 0 Å². The van der Waals surface area contributed by atoms with Crippen molar-refractivity contribution < 1.29 is 4.79 Å². The van der Waals surface area contributed by atoms with Crippen LogP contribution in [0.15, 0.2) is 46.8 Å². The van der Waals surface area contributed by atoms with Gasteiger partial charge in [0.1, 0.15) is 6.04 Å². The highest BCUT2D eigenvalue weighted by Crippen LogP contribution is 2.63. The lowest BCUT2D eigenvalue weighted by molar-refractivity contribution is -0.117. The summed E-state index contributed by atoms with van der Waals surface area (Å²) in [4.78, 5) is 20.4. The van der Waals surface area contributed by atoms with Crippen molar-refractivity contribution >= 4 is 36.2 Å². The van der Waals surface area contributed by atoms with E-state index in [1.807, 2.05) is 0 Å². The molecular formula is C39H64N4OPS+. The Labute approximate surface area is 285 Å².